The molecule has 2 heteroatoms. The van der Waals surface area contributed by atoms with Crippen molar-refractivity contribution in [1.29, 1.82) is 0 Å². The average Bonchev–Trinajstić information content (AvgIpc) is 2.57. The van der Waals surface area contributed by atoms with Crippen molar-refractivity contribution in [2.45, 2.75) is 104 Å². The Balaban J connectivity index is 2.69. The molecule has 0 spiro atoms. The van der Waals surface area contributed by atoms with Crippen LogP contribution in [0.3, 0.4) is 0 Å². The van der Waals surface area contributed by atoms with Crippen LogP contribution in [0, 0.1) is 0 Å². The maximum Gasteiger partial charge on any atom is 0.0372 e. The van der Waals surface area contributed by atoms with Gasteiger partial charge in [0.1, 0.15) is 0 Å². The molecule has 0 radical (unpaired) electrons. The molecule has 0 aromatic heterocycles. The molecule has 24 heavy (non-hydrogen) atoms. The van der Waals surface area contributed by atoms with E-state index in [-0.39, 0.29) is 0 Å². The van der Waals surface area contributed by atoms with Gasteiger partial charge in [0.2, 0.25) is 0 Å². The van der Waals surface area contributed by atoms with Gasteiger partial charge < -0.3 is 10.6 Å². The van der Waals surface area contributed by atoms with Crippen molar-refractivity contribution >= 4 is 11.4 Å². The van der Waals surface area contributed by atoms with E-state index in [4.69, 9.17) is 5.73 Å². The monoisotopic (exact) mass is 332 g/mol. The predicted octanol–water partition coefficient (Wildman–Crippen LogP) is 6.79. The third-order valence-electron chi connectivity index (χ3n) is 5.09. The van der Waals surface area contributed by atoms with Crippen molar-refractivity contribution < 1.29 is 0 Å². The number of nitrogen functional groups attached to an aromatic ring is 1. The number of nitrogens with two attached hydrogens (primary N) is 1. The highest BCUT2D eigenvalue weighted by atomic mass is 15.2. The zero-order valence-corrected chi connectivity index (χ0v) is 16.6. The molecule has 0 heterocycles. The highest BCUT2D eigenvalue weighted by molar-refractivity contribution is 5.54. The predicted molar refractivity (Wildman–Crippen MR) is 110 cm³/mol. The van der Waals surface area contributed by atoms with E-state index in [0.29, 0.717) is 12.1 Å². The summed E-state index contributed by atoms with van der Waals surface area (Å²) in [4.78, 5) is 2.64. The lowest BCUT2D eigenvalue weighted by Gasteiger charge is -2.37. The van der Waals surface area contributed by atoms with E-state index in [2.05, 4.69) is 44.7 Å². The minimum Gasteiger partial charge on any atom is -0.399 e. The van der Waals surface area contributed by atoms with Crippen molar-refractivity contribution in [3.05, 3.63) is 24.3 Å². The van der Waals surface area contributed by atoms with Gasteiger partial charge in [-0.3, -0.25) is 0 Å². The van der Waals surface area contributed by atoms with Gasteiger partial charge in [-0.25, -0.2) is 0 Å². The van der Waals surface area contributed by atoms with Crippen LogP contribution in [0.2, 0.25) is 0 Å². The highest BCUT2D eigenvalue weighted by Crippen LogP contribution is 2.26. The van der Waals surface area contributed by atoms with Crippen LogP contribution in [0.4, 0.5) is 11.4 Å². The molecule has 2 unspecified atom stereocenters. The quantitative estimate of drug-likeness (QED) is 0.318. The van der Waals surface area contributed by atoms with Gasteiger partial charge in [-0.05, 0) is 51.0 Å². The molecular weight excluding hydrogens is 292 g/mol. The normalized spacial score (nSPS) is 13.7. The summed E-state index contributed by atoms with van der Waals surface area (Å²) in [6.45, 7) is 9.35. The summed E-state index contributed by atoms with van der Waals surface area (Å²) >= 11 is 0. The van der Waals surface area contributed by atoms with Gasteiger partial charge in [0.15, 0.2) is 0 Å². The van der Waals surface area contributed by atoms with E-state index in [1.807, 2.05) is 12.1 Å². The van der Waals surface area contributed by atoms with E-state index >= 15 is 0 Å². The second-order valence-electron chi connectivity index (χ2n) is 7.40. The summed E-state index contributed by atoms with van der Waals surface area (Å²) in [5.74, 6) is 0. The second-order valence-corrected chi connectivity index (χ2v) is 7.40. The molecule has 1 aromatic carbocycles. The SMILES string of the molecule is CCCCCCC(C)N(c1ccc(N)cc1)C(C)CCCCCC. The van der Waals surface area contributed by atoms with Crippen LogP contribution in [-0.2, 0) is 0 Å². The molecule has 2 N–H and O–H groups in total. The number of hydrogen-bond donors (Lipinski definition) is 1. The van der Waals surface area contributed by atoms with E-state index in [1.54, 1.807) is 0 Å². The molecule has 2 atom stereocenters. The van der Waals surface area contributed by atoms with Gasteiger partial charge in [0, 0.05) is 23.5 Å². The molecule has 138 valence electrons. The first kappa shape index (κ1) is 20.9. The molecule has 0 aliphatic rings. The van der Waals surface area contributed by atoms with Gasteiger partial charge in [0.05, 0.1) is 0 Å². The fraction of sp³-hybridized carbons (Fsp3) is 0.727. The molecule has 2 nitrogen and oxygen atoms in total. The molecular formula is C22H40N2. The topological polar surface area (TPSA) is 29.3 Å². The Morgan fingerprint density at radius 1 is 0.750 bits per heavy atom. The number of nitrogens with zero attached hydrogens (tertiary/aromatic N) is 1. The van der Waals surface area contributed by atoms with E-state index < -0.39 is 0 Å². The zero-order chi connectivity index (χ0) is 17.8. The summed E-state index contributed by atoms with van der Waals surface area (Å²) in [5.41, 5.74) is 8.07. The number of anilines is 2. The minimum atomic E-state index is 0.589. The van der Waals surface area contributed by atoms with Gasteiger partial charge in [0.25, 0.3) is 0 Å². The number of rotatable bonds is 13. The Kier molecular flexibility index (Phi) is 10.6. The highest BCUT2D eigenvalue weighted by Gasteiger charge is 2.20. The lowest BCUT2D eigenvalue weighted by molar-refractivity contribution is 0.465. The van der Waals surface area contributed by atoms with E-state index in [1.165, 1.54) is 69.9 Å². The summed E-state index contributed by atoms with van der Waals surface area (Å²) < 4.78 is 0. The van der Waals surface area contributed by atoms with E-state index in [0.717, 1.165) is 5.69 Å². The van der Waals surface area contributed by atoms with Crippen LogP contribution in [0.25, 0.3) is 0 Å². The third-order valence-corrected chi connectivity index (χ3v) is 5.09. The lowest BCUT2D eigenvalue weighted by atomic mass is 10.0. The van der Waals surface area contributed by atoms with Crippen LogP contribution in [0.1, 0.15) is 91.9 Å². The lowest BCUT2D eigenvalue weighted by Crippen LogP contribution is -2.40. The van der Waals surface area contributed by atoms with Crippen molar-refractivity contribution in [2.24, 2.45) is 0 Å². The average molecular weight is 333 g/mol. The second kappa shape index (κ2) is 12.2. The van der Waals surface area contributed by atoms with E-state index in [9.17, 15) is 0 Å². The number of unbranched alkanes of at least 4 members (excludes halogenated alkanes) is 6. The molecule has 0 bridgehead atoms. The summed E-state index contributed by atoms with van der Waals surface area (Å²) in [6.07, 6.45) is 13.3. The fourth-order valence-corrected chi connectivity index (χ4v) is 3.60. The molecule has 0 amide bonds. The van der Waals surface area contributed by atoms with Crippen LogP contribution < -0.4 is 10.6 Å². The van der Waals surface area contributed by atoms with Crippen LogP contribution in [-0.4, -0.2) is 12.1 Å². The maximum absolute atomic E-state index is 5.89. The van der Waals surface area contributed by atoms with Crippen molar-refractivity contribution in [1.82, 2.24) is 0 Å². The van der Waals surface area contributed by atoms with Gasteiger partial charge in [-0.1, -0.05) is 65.2 Å². The largest absolute Gasteiger partial charge is 0.399 e. The molecule has 0 aliphatic carbocycles. The van der Waals surface area contributed by atoms with Gasteiger partial charge in [-0.15, -0.1) is 0 Å². The Morgan fingerprint density at radius 3 is 1.62 bits per heavy atom. The summed E-state index contributed by atoms with van der Waals surface area (Å²) in [5, 5.41) is 0. The Bertz CT molecular complexity index is 394. The third kappa shape index (κ3) is 7.59. The van der Waals surface area contributed by atoms with Crippen molar-refractivity contribution in [2.75, 3.05) is 10.6 Å². The molecule has 1 rings (SSSR count). The fourth-order valence-electron chi connectivity index (χ4n) is 3.60. The van der Waals surface area contributed by atoms with Gasteiger partial charge in [-0.2, -0.15) is 0 Å². The number of hydrogen-bond acceptors (Lipinski definition) is 2. The molecule has 0 saturated heterocycles. The Morgan fingerprint density at radius 2 is 1.21 bits per heavy atom. The van der Waals surface area contributed by atoms with Gasteiger partial charge >= 0.3 is 0 Å². The Hall–Kier alpha value is -1.18. The van der Waals surface area contributed by atoms with Crippen molar-refractivity contribution in [3.8, 4) is 0 Å². The number of benzene rings is 1. The molecule has 0 fully saturated rings. The summed E-state index contributed by atoms with van der Waals surface area (Å²) in [6, 6.07) is 9.64. The molecule has 1 aromatic rings. The van der Waals surface area contributed by atoms with Crippen molar-refractivity contribution in [3.63, 3.8) is 0 Å². The standard InChI is InChI=1S/C22H40N2/c1-5-7-9-11-13-19(3)24(20(4)14-12-10-8-6-2)22-17-15-21(23)16-18-22/h15-20H,5-14,23H2,1-4H3. The zero-order valence-electron chi connectivity index (χ0n) is 16.6. The molecule has 0 aliphatic heterocycles. The first-order chi connectivity index (χ1) is 11.6. The first-order valence-electron chi connectivity index (χ1n) is 10.2. The Labute approximate surface area is 150 Å². The minimum absolute atomic E-state index is 0.589. The maximum atomic E-state index is 5.89. The van der Waals surface area contributed by atoms with Crippen LogP contribution in [0.5, 0.6) is 0 Å². The van der Waals surface area contributed by atoms with Crippen LogP contribution in [0.15, 0.2) is 24.3 Å². The summed E-state index contributed by atoms with van der Waals surface area (Å²) in [7, 11) is 0. The smallest absolute Gasteiger partial charge is 0.0372 e. The molecule has 0 saturated carbocycles. The van der Waals surface area contributed by atoms with Crippen LogP contribution >= 0.6 is 0 Å². The first-order valence-corrected chi connectivity index (χ1v) is 10.2.